The van der Waals surface area contributed by atoms with E-state index in [2.05, 4.69) is 5.32 Å². The third-order valence-electron chi connectivity index (χ3n) is 4.95. The summed E-state index contributed by atoms with van der Waals surface area (Å²) in [4.78, 5) is 23.9. The van der Waals surface area contributed by atoms with E-state index in [1.54, 1.807) is 0 Å². The van der Waals surface area contributed by atoms with Crippen LogP contribution in [0.2, 0.25) is 0 Å². The first-order chi connectivity index (χ1) is 12.0. The minimum atomic E-state index is -0.813. The van der Waals surface area contributed by atoms with Gasteiger partial charge in [0.1, 0.15) is 17.6 Å². The summed E-state index contributed by atoms with van der Waals surface area (Å²) < 4.78 is 11.5. The van der Waals surface area contributed by atoms with E-state index in [1.807, 2.05) is 26.0 Å². The fourth-order valence-corrected chi connectivity index (χ4v) is 3.70. The van der Waals surface area contributed by atoms with Gasteiger partial charge >= 0.3 is 5.97 Å². The zero-order valence-electron chi connectivity index (χ0n) is 14.7. The lowest BCUT2D eigenvalue weighted by atomic mass is 9.81. The summed E-state index contributed by atoms with van der Waals surface area (Å²) in [5.74, 6) is -0.251. The van der Waals surface area contributed by atoms with E-state index < -0.39 is 11.9 Å². The van der Waals surface area contributed by atoms with Crippen molar-refractivity contribution in [3.8, 4) is 11.5 Å². The maximum atomic E-state index is 12.7. The average molecular weight is 347 g/mol. The normalized spacial score (nSPS) is 25.0. The summed E-state index contributed by atoms with van der Waals surface area (Å²) in [6, 6.07) is 3.75. The van der Waals surface area contributed by atoms with E-state index in [9.17, 15) is 14.7 Å². The molecule has 1 amide bonds. The van der Waals surface area contributed by atoms with Crippen LogP contribution in [0.15, 0.2) is 12.1 Å². The Balaban J connectivity index is 1.76. The van der Waals surface area contributed by atoms with Crippen LogP contribution >= 0.6 is 0 Å². The van der Waals surface area contributed by atoms with Crippen molar-refractivity contribution in [2.45, 2.75) is 52.1 Å². The molecule has 0 radical (unpaired) electrons. The molecule has 0 aromatic heterocycles. The monoisotopic (exact) mass is 347 g/mol. The van der Waals surface area contributed by atoms with E-state index in [4.69, 9.17) is 9.47 Å². The maximum Gasteiger partial charge on any atom is 0.306 e. The summed E-state index contributed by atoms with van der Waals surface area (Å²) >= 11 is 0. The Bertz CT molecular complexity index is 672. The van der Waals surface area contributed by atoms with Gasteiger partial charge < -0.3 is 19.9 Å². The standard InChI is InChI=1S/C19H25NO5/c1-3-24-17-9-14-7-11(2)25-16(14)10-15(17)20-18(21)12-5-4-6-13(8-12)19(22)23/h9-13H,3-8H2,1-2H3,(H,20,21)(H,22,23). The smallest absolute Gasteiger partial charge is 0.306 e. The molecule has 6 heteroatoms. The van der Waals surface area contributed by atoms with Crippen molar-refractivity contribution in [1.82, 2.24) is 0 Å². The summed E-state index contributed by atoms with van der Waals surface area (Å²) in [5, 5.41) is 12.1. The molecular formula is C19H25NO5. The largest absolute Gasteiger partial charge is 0.492 e. The Labute approximate surface area is 147 Å². The molecule has 2 aliphatic rings. The number of carbonyl (C=O) groups is 2. The molecule has 3 rings (SSSR count). The molecule has 0 saturated heterocycles. The third-order valence-corrected chi connectivity index (χ3v) is 4.95. The van der Waals surface area contributed by atoms with Crippen molar-refractivity contribution in [1.29, 1.82) is 0 Å². The minimum Gasteiger partial charge on any atom is -0.492 e. The number of anilines is 1. The lowest BCUT2D eigenvalue weighted by Gasteiger charge is -2.26. The summed E-state index contributed by atoms with van der Waals surface area (Å²) in [6.07, 6.45) is 3.46. The topological polar surface area (TPSA) is 84.9 Å². The van der Waals surface area contributed by atoms with Crippen LogP contribution in [-0.2, 0) is 16.0 Å². The molecule has 3 unspecified atom stereocenters. The van der Waals surface area contributed by atoms with Gasteiger partial charge in [0.15, 0.2) is 0 Å². The molecule has 1 saturated carbocycles. The lowest BCUT2D eigenvalue weighted by Crippen LogP contribution is -2.31. The number of ether oxygens (including phenoxy) is 2. The summed E-state index contributed by atoms with van der Waals surface area (Å²) in [7, 11) is 0. The third kappa shape index (κ3) is 3.89. The van der Waals surface area contributed by atoms with E-state index in [1.165, 1.54) is 0 Å². The second kappa shape index (κ2) is 7.33. The predicted molar refractivity (Wildman–Crippen MR) is 93.1 cm³/mol. The molecule has 0 spiro atoms. The highest BCUT2D eigenvalue weighted by molar-refractivity contribution is 5.94. The first kappa shape index (κ1) is 17.6. The lowest BCUT2D eigenvalue weighted by molar-refractivity contribution is -0.143. The molecule has 0 bridgehead atoms. The molecule has 1 fully saturated rings. The molecule has 1 aliphatic heterocycles. The quantitative estimate of drug-likeness (QED) is 0.854. The number of carbonyl (C=O) groups excluding carboxylic acids is 1. The second-order valence-corrected chi connectivity index (χ2v) is 6.91. The molecule has 1 aromatic rings. The number of rotatable bonds is 5. The second-order valence-electron chi connectivity index (χ2n) is 6.91. The van der Waals surface area contributed by atoms with Crippen LogP contribution in [-0.4, -0.2) is 29.7 Å². The Hall–Kier alpha value is -2.24. The summed E-state index contributed by atoms with van der Waals surface area (Å²) in [6.45, 7) is 4.41. The Morgan fingerprint density at radius 2 is 2.08 bits per heavy atom. The molecule has 2 N–H and O–H groups in total. The zero-order chi connectivity index (χ0) is 18.0. The van der Waals surface area contributed by atoms with Gasteiger partial charge in [0.05, 0.1) is 18.2 Å². The average Bonchev–Trinajstić information content (AvgIpc) is 2.94. The highest BCUT2D eigenvalue weighted by Gasteiger charge is 2.32. The van der Waals surface area contributed by atoms with Crippen molar-refractivity contribution in [2.24, 2.45) is 11.8 Å². The van der Waals surface area contributed by atoms with Gasteiger partial charge in [-0.1, -0.05) is 6.42 Å². The summed E-state index contributed by atoms with van der Waals surface area (Å²) in [5.41, 5.74) is 1.68. The van der Waals surface area contributed by atoms with Gasteiger partial charge in [0.2, 0.25) is 5.91 Å². The van der Waals surface area contributed by atoms with Gasteiger partial charge in [-0.2, -0.15) is 0 Å². The number of carboxylic acids is 1. The first-order valence-corrected chi connectivity index (χ1v) is 8.98. The van der Waals surface area contributed by atoms with Crippen molar-refractivity contribution in [3.05, 3.63) is 17.7 Å². The van der Waals surface area contributed by atoms with E-state index in [-0.39, 0.29) is 17.9 Å². The number of nitrogens with one attached hydrogen (secondary N) is 1. The van der Waals surface area contributed by atoms with Crippen molar-refractivity contribution in [2.75, 3.05) is 11.9 Å². The molecule has 1 aromatic carbocycles. The number of hydrogen-bond donors (Lipinski definition) is 2. The van der Waals surface area contributed by atoms with Crippen LogP contribution in [0.3, 0.4) is 0 Å². The van der Waals surface area contributed by atoms with Gasteiger partial charge in [0, 0.05) is 24.0 Å². The molecule has 1 aliphatic carbocycles. The Morgan fingerprint density at radius 1 is 1.32 bits per heavy atom. The minimum absolute atomic E-state index is 0.116. The van der Waals surface area contributed by atoms with Gasteiger partial charge in [-0.3, -0.25) is 9.59 Å². The SMILES string of the molecule is CCOc1cc2c(cc1NC(=O)C1CCCC(C(=O)O)C1)OC(C)C2. The Morgan fingerprint density at radius 3 is 2.80 bits per heavy atom. The van der Waals surface area contributed by atoms with Gasteiger partial charge in [-0.05, 0) is 39.2 Å². The van der Waals surface area contributed by atoms with E-state index in [0.717, 1.165) is 30.6 Å². The van der Waals surface area contributed by atoms with Crippen LogP contribution in [0.5, 0.6) is 11.5 Å². The first-order valence-electron chi connectivity index (χ1n) is 8.98. The number of amides is 1. The van der Waals surface area contributed by atoms with Gasteiger partial charge in [-0.25, -0.2) is 0 Å². The molecule has 6 nitrogen and oxygen atoms in total. The number of carboxylic acid groups (broad SMARTS) is 1. The van der Waals surface area contributed by atoms with Crippen LogP contribution in [0.4, 0.5) is 5.69 Å². The van der Waals surface area contributed by atoms with Gasteiger partial charge in [-0.15, -0.1) is 0 Å². The maximum absolute atomic E-state index is 12.7. The number of hydrogen-bond acceptors (Lipinski definition) is 4. The molecule has 3 atom stereocenters. The highest BCUT2D eigenvalue weighted by Crippen LogP contribution is 2.39. The fraction of sp³-hybridized carbons (Fsp3) is 0.579. The van der Waals surface area contributed by atoms with Crippen molar-refractivity contribution < 1.29 is 24.2 Å². The van der Waals surface area contributed by atoms with E-state index >= 15 is 0 Å². The number of benzene rings is 1. The van der Waals surface area contributed by atoms with Crippen LogP contribution in [0, 0.1) is 11.8 Å². The predicted octanol–water partition coefficient (Wildman–Crippen LogP) is 3.24. The van der Waals surface area contributed by atoms with Crippen molar-refractivity contribution >= 4 is 17.6 Å². The van der Waals surface area contributed by atoms with Crippen LogP contribution < -0.4 is 14.8 Å². The van der Waals surface area contributed by atoms with Crippen molar-refractivity contribution in [3.63, 3.8) is 0 Å². The molecule has 1 heterocycles. The zero-order valence-corrected chi connectivity index (χ0v) is 14.7. The fourth-order valence-electron chi connectivity index (χ4n) is 3.70. The Kier molecular flexibility index (Phi) is 5.16. The highest BCUT2D eigenvalue weighted by atomic mass is 16.5. The number of aliphatic carboxylic acids is 1. The van der Waals surface area contributed by atoms with Crippen LogP contribution in [0.25, 0.3) is 0 Å². The van der Waals surface area contributed by atoms with Gasteiger partial charge in [0.25, 0.3) is 0 Å². The number of fused-ring (bicyclic) bond motifs is 1. The molecule has 25 heavy (non-hydrogen) atoms. The molecule has 136 valence electrons. The molecular weight excluding hydrogens is 322 g/mol. The van der Waals surface area contributed by atoms with E-state index in [0.29, 0.717) is 30.9 Å². The van der Waals surface area contributed by atoms with Crippen LogP contribution in [0.1, 0.15) is 45.1 Å².